The lowest BCUT2D eigenvalue weighted by atomic mass is 10.1. The van der Waals surface area contributed by atoms with E-state index in [4.69, 9.17) is 4.74 Å². The van der Waals surface area contributed by atoms with Gasteiger partial charge in [0.2, 0.25) is 11.0 Å². The number of nitrogens with zero attached hydrogens (tertiary/aromatic N) is 3. The second kappa shape index (κ2) is 6.62. The molecular weight excluding hydrogens is 340 g/mol. The summed E-state index contributed by atoms with van der Waals surface area (Å²) in [5.74, 6) is 1.22. The van der Waals surface area contributed by atoms with Crippen molar-refractivity contribution in [3.8, 4) is 17.1 Å². The lowest BCUT2D eigenvalue weighted by molar-refractivity contribution is 0.225. The number of aromatic nitrogens is 3. The SMILES string of the molecule is C=CCSc1nnc2c(n1)O[C@@H](c1ccsc1)Nc1ccccc1-2. The van der Waals surface area contributed by atoms with Gasteiger partial charge in [0.15, 0.2) is 11.9 Å². The first-order valence-electron chi connectivity index (χ1n) is 7.38. The third-order valence-electron chi connectivity index (χ3n) is 3.51. The monoisotopic (exact) mass is 354 g/mol. The van der Waals surface area contributed by atoms with Gasteiger partial charge in [-0.15, -0.1) is 16.8 Å². The Balaban J connectivity index is 1.80. The van der Waals surface area contributed by atoms with Gasteiger partial charge >= 0.3 is 0 Å². The maximum Gasteiger partial charge on any atom is 0.247 e. The average molecular weight is 354 g/mol. The molecule has 3 heterocycles. The van der Waals surface area contributed by atoms with E-state index in [1.807, 2.05) is 41.8 Å². The van der Waals surface area contributed by atoms with E-state index in [1.165, 1.54) is 11.8 Å². The van der Waals surface area contributed by atoms with Crippen molar-refractivity contribution < 1.29 is 4.74 Å². The van der Waals surface area contributed by atoms with Gasteiger partial charge in [-0.3, -0.25) is 0 Å². The molecule has 0 saturated heterocycles. The number of ether oxygens (including phenoxy) is 1. The van der Waals surface area contributed by atoms with Crippen molar-refractivity contribution in [3.05, 3.63) is 59.3 Å². The summed E-state index contributed by atoms with van der Waals surface area (Å²) in [6, 6.07) is 9.99. The Morgan fingerprint density at radius 1 is 1.29 bits per heavy atom. The van der Waals surface area contributed by atoms with Gasteiger partial charge in [0.25, 0.3) is 0 Å². The zero-order valence-electron chi connectivity index (χ0n) is 12.7. The number of anilines is 1. The zero-order valence-corrected chi connectivity index (χ0v) is 14.3. The molecule has 1 aliphatic heterocycles. The first kappa shape index (κ1) is 15.2. The number of benzene rings is 1. The molecule has 120 valence electrons. The van der Waals surface area contributed by atoms with Crippen LogP contribution in [0.15, 0.2) is 58.9 Å². The molecule has 0 aliphatic carbocycles. The summed E-state index contributed by atoms with van der Waals surface area (Å²) in [4.78, 5) is 4.55. The standard InChI is InChI=1S/C17H14N4OS2/c1-2-8-24-17-19-16-14(20-21-17)12-5-3-4-6-13(12)18-15(22-16)11-7-9-23-10-11/h2-7,9-10,15,18H,1,8H2/t15-/m0/s1. The van der Waals surface area contributed by atoms with Crippen LogP contribution in [0.25, 0.3) is 11.3 Å². The molecule has 3 aromatic rings. The fraction of sp³-hybridized carbons (Fsp3) is 0.118. The van der Waals surface area contributed by atoms with Gasteiger partial charge in [-0.1, -0.05) is 36.0 Å². The van der Waals surface area contributed by atoms with Crippen molar-refractivity contribution in [1.29, 1.82) is 0 Å². The first-order chi connectivity index (χ1) is 11.8. The van der Waals surface area contributed by atoms with Crippen LogP contribution in [-0.4, -0.2) is 20.9 Å². The number of fused-ring (bicyclic) bond motifs is 3. The minimum absolute atomic E-state index is 0.312. The van der Waals surface area contributed by atoms with Crippen LogP contribution >= 0.6 is 23.1 Å². The van der Waals surface area contributed by atoms with Gasteiger partial charge in [0.1, 0.15) is 0 Å². The molecular formula is C17H14N4OS2. The fourth-order valence-corrected chi connectivity index (χ4v) is 3.60. The van der Waals surface area contributed by atoms with E-state index in [1.54, 1.807) is 11.3 Å². The predicted octanol–water partition coefficient (Wildman–Crippen LogP) is 4.38. The highest BCUT2D eigenvalue weighted by Gasteiger charge is 2.26. The zero-order chi connectivity index (χ0) is 16.4. The Morgan fingerprint density at radius 3 is 3.04 bits per heavy atom. The second-order valence-electron chi connectivity index (χ2n) is 5.09. The summed E-state index contributed by atoms with van der Waals surface area (Å²) < 4.78 is 6.15. The molecule has 4 rings (SSSR count). The summed E-state index contributed by atoms with van der Waals surface area (Å²) in [6.45, 7) is 3.72. The molecule has 0 amide bonds. The Morgan fingerprint density at radius 2 is 2.21 bits per heavy atom. The van der Waals surface area contributed by atoms with Crippen molar-refractivity contribution in [2.24, 2.45) is 0 Å². The lowest BCUT2D eigenvalue weighted by Crippen LogP contribution is -2.16. The highest BCUT2D eigenvalue weighted by molar-refractivity contribution is 7.99. The van der Waals surface area contributed by atoms with Crippen molar-refractivity contribution in [2.75, 3.05) is 11.1 Å². The number of hydrogen-bond acceptors (Lipinski definition) is 7. The van der Waals surface area contributed by atoms with Crippen molar-refractivity contribution in [3.63, 3.8) is 0 Å². The summed E-state index contributed by atoms with van der Waals surface area (Å²) in [6.07, 6.45) is 1.50. The largest absolute Gasteiger partial charge is 0.448 e. The van der Waals surface area contributed by atoms with E-state index < -0.39 is 0 Å². The highest BCUT2D eigenvalue weighted by Crippen LogP contribution is 2.39. The molecule has 24 heavy (non-hydrogen) atoms. The molecule has 5 nitrogen and oxygen atoms in total. The third kappa shape index (κ3) is 2.88. The normalized spacial score (nSPS) is 15.4. The van der Waals surface area contributed by atoms with Gasteiger partial charge in [-0.25, -0.2) is 0 Å². The first-order valence-corrected chi connectivity index (χ1v) is 9.31. The average Bonchev–Trinajstić information content (AvgIpc) is 3.09. The highest BCUT2D eigenvalue weighted by atomic mass is 32.2. The molecule has 0 bridgehead atoms. The number of hydrogen-bond donors (Lipinski definition) is 1. The second-order valence-corrected chi connectivity index (χ2v) is 6.86. The van der Waals surface area contributed by atoms with Gasteiger partial charge in [0.05, 0.1) is 0 Å². The Hall–Kier alpha value is -2.38. The van der Waals surface area contributed by atoms with E-state index in [9.17, 15) is 0 Å². The lowest BCUT2D eigenvalue weighted by Gasteiger charge is -2.17. The molecule has 0 unspecified atom stereocenters. The van der Waals surface area contributed by atoms with Crippen LogP contribution in [-0.2, 0) is 0 Å². The molecule has 1 N–H and O–H groups in total. The molecule has 7 heteroatoms. The van der Waals surface area contributed by atoms with E-state index in [2.05, 4.69) is 32.5 Å². The van der Waals surface area contributed by atoms with Crippen molar-refractivity contribution >= 4 is 28.8 Å². The van der Waals surface area contributed by atoms with Gasteiger partial charge in [-0.2, -0.15) is 16.3 Å². The molecule has 1 aliphatic rings. The molecule has 1 atom stereocenters. The summed E-state index contributed by atoms with van der Waals surface area (Å²) in [5, 5.41) is 16.7. The van der Waals surface area contributed by atoms with Crippen LogP contribution in [0.2, 0.25) is 0 Å². The molecule has 2 aromatic heterocycles. The summed E-state index contributed by atoms with van der Waals surface area (Å²) >= 11 is 3.11. The molecule has 1 aromatic carbocycles. The maximum atomic E-state index is 6.15. The summed E-state index contributed by atoms with van der Waals surface area (Å²) in [5.41, 5.74) is 3.60. The fourth-order valence-electron chi connectivity index (χ4n) is 2.42. The predicted molar refractivity (Wildman–Crippen MR) is 97.5 cm³/mol. The maximum absolute atomic E-state index is 6.15. The minimum Gasteiger partial charge on any atom is -0.448 e. The molecule has 0 fully saturated rings. The van der Waals surface area contributed by atoms with Crippen LogP contribution in [0.1, 0.15) is 11.8 Å². The number of thiophene rings is 1. The van der Waals surface area contributed by atoms with E-state index >= 15 is 0 Å². The number of thioether (sulfide) groups is 1. The Bertz CT molecular complexity index is 867. The van der Waals surface area contributed by atoms with Crippen LogP contribution in [0.4, 0.5) is 5.69 Å². The Kier molecular flexibility index (Phi) is 4.18. The van der Waals surface area contributed by atoms with Crippen LogP contribution < -0.4 is 10.1 Å². The number of rotatable bonds is 4. The van der Waals surface area contributed by atoms with E-state index in [0.29, 0.717) is 16.7 Å². The summed E-state index contributed by atoms with van der Waals surface area (Å²) in [7, 11) is 0. The van der Waals surface area contributed by atoms with Gasteiger partial charge < -0.3 is 10.1 Å². The molecule has 0 spiro atoms. The van der Waals surface area contributed by atoms with Crippen molar-refractivity contribution in [2.45, 2.75) is 11.4 Å². The van der Waals surface area contributed by atoms with Crippen LogP contribution in [0.5, 0.6) is 5.88 Å². The third-order valence-corrected chi connectivity index (χ3v) is 5.04. The quantitative estimate of drug-likeness (QED) is 0.554. The van der Waals surface area contributed by atoms with Gasteiger partial charge in [0, 0.05) is 22.6 Å². The molecule has 0 saturated carbocycles. The number of para-hydroxylation sites is 1. The van der Waals surface area contributed by atoms with Crippen molar-refractivity contribution in [1.82, 2.24) is 15.2 Å². The van der Waals surface area contributed by atoms with E-state index in [-0.39, 0.29) is 6.23 Å². The topological polar surface area (TPSA) is 59.9 Å². The van der Waals surface area contributed by atoms with E-state index in [0.717, 1.165) is 22.6 Å². The Labute approximate surface area is 147 Å². The minimum atomic E-state index is -0.312. The number of nitrogens with one attached hydrogen (secondary N) is 1. The van der Waals surface area contributed by atoms with Gasteiger partial charge in [-0.05, 0) is 22.9 Å². The smallest absolute Gasteiger partial charge is 0.247 e. The van der Waals surface area contributed by atoms with Crippen LogP contribution in [0.3, 0.4) is 0 Å². The molecule has 0 radical (unpaired) electrons. The van der Waals surface area contributed by atoms with Crippen LogP contribution in [0, 0.1) is 0 Å².